The number of amides is 1. The zero-order valence-electron chi connectivity index (χ0n) is 15.1. The first kappa shape index (κ1) is 19.9. The van der Waals surface area contributed by atoms with Gasteiger partial charge in [0.1, 0.15) is 5.69 Å². The van der Waals surface area contributed by atoms with Crippen molar-refractivity contribution < 1.29 is 19.2 Å². The minimum Gasteiger partial charge on any atom is -0.449 e. The van der Waals surface area contributed by atoms with Gasteiger partial charge in [-0.15, -0.1) is 0 Å². The van der Waals surface area contributed by atoms with Crippen molar-refractivity contribution in [3.63, 3.8) is 0 Å². The van der Waals surface area contributed by atoms with Crippen LogP contribution in [0.2, 0.25) is 0 Å². The Morgan fingerprint density at radius 3 is 2.52 bits per heavy atom. The molecule has 0 aromatic heterocycles. The summed E-state index contributed by atoms with van der Waals surface area (Å²) in [6.07, 6.45) is -0.993. The lowest BCUT2D eigenvalue weighted by Crippen LogP contribution is -2.35. The monoisotopic (exact) mass is 371 g/mol. The van der Waals surface area contributed by atoms with Crippen LogP contribution in [0.3, 0.4) is 0 Å². The Morgan fingerprint density at radius 1 is 1.19 bits per heavy atom. The van der Waals surface area contributed by atoms with Crippen LogP contribution < -0.4 is 10.6 Å². The molecule has 2 aromatic rings. The maximum absolute atomic E-state index is 12.2. The summed E-state index contributed by atoms with van der Waals surface area (Å²) < 4.78 is 5.06. The van der Waals surface area contributed by atoms with Crippen molar-refractivity contribution >= 4 is 23.3 Å². The van der Waals surface area contributed by atoms with Crippen molar-refractivity contribution in [3.8, 4) is 0 Å². The minimum atomic E-state index is -0.993. The van der Waals surface area contributed by atoms with E-state index in [1.807, 2.05) is 30.3 Å². The average molecular weight is 371 g/mol. The number of anilines is 1. The van der Waals surface area contributed by atoms with Crippen molar-refractivity contribution in [1.82, 2.24) is 5.32 Å². The van der Waals surface area contributed by atoms with E-state index in [9.17, 15) is 19.7 Å². The highest BCUT2D eigenvalue weighted by Gasteiger charge is 2.22. The van der Waals surface area contributed by atoms with Crippen molar-refractivity contribution in [2.45, 2.75) is 26.5 Å². The van der Waals surface area contributed by atoms with Gasteiger partial charge in [-0.1, -0.05) is 30.3 Å². The van der Waals surface area contributed by atoms with Crippen LogP contribution >= 0.6 is 0 Å². The summed E-state index contributed by atoms with van der Waals surface area (Å²) in [4.78, 5) is 34.6. The van der Waals surface area contributed by atoms with Crippen LogP contribution in [0, 0.1) is 10.1 Å². The Balaban J connectivity index is 2.13. The van der Waals surface area contributed by atoms with Crippen LogP contribution in [0.1, 0.15) is 29.8 Å². The summed E-state index contributed by atoms with van der Waals surface area (Å²) in [5.41, 5.74) is 1.01. The Morgan fingerprint density at radius 2 is 1.89 bits per heavy atom. The normalized spacial score (nSPS) is 11.3. The SMILES string of the molecule is CCNC(=O)[C@H](C)OC(=O)c1ccc(NCc2ccccc2)c([N+](=O)[O-])c1. The van der Waals surface area contributed by atoms with E-state index in [1.54, 1.807) is 6.92 Å². The highest BCUT2D eigenvalue weighted by molar-refractivity contribution is 5.93. The van der Waals surface area contributed by atoms with Crippen LogP contribution in [0.5, 0.6) is 0 Å². The van der Waals surface area contributed by atoms with E-state index in [-0.39, 0.29) is 16.9 Å². The Labute approximate surface area is 156 Å². The molecule has 0 unspecified atom stereocenters. The molecule has 8 nitrogen and oxygen atoms in total. The van der Waals surface area contributed by atoms with E-state index in [0.717, 1.165) is 11.6 Å². The average Bonchev–Trinajstić information content (AvgIpc) is 2.67. The quantitative estimate of drug-likeness (QED) is 0.419. The highest BCUT2D eigenvalue weighted by atomic mass is 16.6. The van der Waals surface area contributed by atoms with Gasteiger partial charge in [0.2, 0.25) is 0 Å². The molecule has 8 heteroatoms. The third-order valence-electron chi connectivity index (χ3n) is 3.76. The fourth-order valence-corrected chi connectivity index (χ4v) is 2.35. The molecule has 0 radical (unpaired) electrons. The van der Waals surface area contributed by atoms with Crippen LogP contribution in [0.15, 0.2) is 48.5 Å². The number of carbonyl (C=O) groups is 2. The van der Waals surface area contributed by atoms with Crippen molar-refractivity contribution in [1.29, 1.82) is 0 Å². The largest absolute Gasteiger partial charge is 0.449 e. The second kappa shape index (κ2) is 9.33. The summed E-state index contributed by atoms with van der Waals surface area (Å²) in [6, 6.07) is 13.4. The minimum absolute atomic E-state index is 0.00288. The number of nitrogens with one attached hydrogen (secondary N) is 2. The molecule has 0 saturated carbocycles. The summed E-state index contributed by atoms with van der Waals surface area (Å²) in [6.45, 7) is 4.00. The summed E-state index contributed by atoms with van der Waals surface area (Å²) in [7, 11) is 0. The number of nitro groups is 1. The standard InChI is InChI=1S/C19H21N3O5/c1-3-20-18(23)13(2)27-19(24)15-9-10-16(17(11-15)22(25)26)21-12-14-7-5-4-6-8-14/h4-11,13,21H,3,12H2,1-2H3,(H,20,23)/t13-/m0/s1. The molecule has 2 aromatic carbocycles. The number of benzene rings is 2. The molecule has 0 aliphatic heterocycles. The van der Waals surface area contributed by atoms with Gasteiger partial charge in [-0.2, -0.15) is 0 Å². The van der Waals surface area contributed by atoms with Crippen LogP contribution in [0.4, 0.5) is 11.4 Å². The molecule has 0 aliphatic carbocycles. The van der Waals surface area contributed by atoms with Gasteiger partial charge in [0.15, 0.2) is 6.10 Å². The van der Waals surface area contributed by atoms with Gasteiger partial charge in [0.05, 0.1) is 10.5 Å². The Kier molecular flexibility index (Phi) is 6.87. The predicted octanol–water partition coefficient (Wildman–Crippen LogP) is 2.89. The van der Waals surface area contributed by atoms with Crippen molar-refractivity contribution in [2.24, 2.45) is 0 Å². The molecule has 0 fully saturated rings. The third-order valence-corrected chi connectivity index (χ3v) is 3.76. The number of esters is 1. The molecule has 142 valence electrons. The Bertz CT molecular complexity index is 823. The number of carbonyl (C=O) groups excluding carboxylic acids is 2. The maximum atomic E-state index is 12.2. The zero-order chi connectivity index (χ0) is 19.8. The lowest BCUT2D eigenvalue weighted by molar-refractivity contribution is -0.384. The van der Waals surface area contributed by atoms with E-state index in [4.69, 9.17) is 4.74 Å². The van der Waals surface area contributed by atoms with E-state index >= 15 is 0 Å². The van der Waals surface area contributed by atoms with Crippen LogP contribution in [0.25, 0.3) is 0 Å². The molecule has 0 aliphatic rings. The van der Waals surface area contributed by atoms with Gasteiger partial charge >= 0.3 is 5.97 Å². The molecular weight excluding hydrogens is 350 g/mol. The first-order valence-corrected chi connectivity index (χ1v) is 8.47. The summed E-state index contributed by atoms with van der Waals surface area (Å²) >= 11 is 0. The fourth-order valence-electron chi connectivity index (χ4n) is 2.35. The summed E-state index contributed by atoms with van der Waals surface area (Å²) in [5.74, 6) is -1.23. The number of nitro benzene ring substituents is 1. The van der Waals surface area contributed by atoms with Gasteiger partial charge in [-0.05, 0) is 31.5 Å². The molecule has 0 bridgehead atoms. The van der Waals surface area contributed by atoms with Gasteiger partial charge in [0.25, 0.3) is 11.6 Å². The second-order valence-corrected chi connectivity index (χ2v) is 5.77. The number of nitrogens with zero attached hydrogens (tertiary/aromatic N) is 1. The molecule has 0 heterocycles. The second-order valence-electron chi connectivity index (χ2n) is 5.77. The van der Waals surface area contributed by atoms with Gasteiger partial charge in [-0.3, -0.25) is 14.9 Å². The Hall–Kier alpha value is -3.42. The van der Waals surface area contributed by atoms with Crippen LogP contribution in [-0.4, -0.2) is 29.4 Å². The van der Waals surface area contributed by atoms with Crippen molar-refractivity contribution in [2.75, 3.05) is 11.9 Å². The van der Waals surface area contributed by atoms with Gasteiger partial charge < -0.3 is 15.4 Å². The molecule has 0 spiro atoms. The van der Waals surface area contributed by atoms with E-state index in [2.05, 4.69) is 10.6 Å². The predicted molar refractivity (Wildman–Crippen MR) is 100 cm³/mol. The summed E-state index contributed by atoms with van der Waals surface area (Å²) in [5, 5.41) is 16.9. The molecule has 1 amide bonds. The lowest BCUT2D eigenvalue weighted by atomic mass is 10.1. The molecule has 2 N–H and O–H groups in total. The van der Waals surface area contributed by atoms with E-state index < -0.39 is 22.9 Å². The zero-order valence-corrected chi connectivity index (χ0v) is 15.1. The first-order valence-electron chi connectivity index (χ1n) is 8.47. The van der Waals surface area contributed by atoms with Crippen LogP contribution in [-0.2, 0) is 16.1 Å². The lowest BCUT2D eigenvalue weighted by Gasteiger charge is -2.13. The number of hydrogen-bond acceptors (Lipinski definition) is 6. The van der Waals surface area contributed by atoms with Gasteiger partial charge in [-0.25, -0.2) is 4.79 Å². The third kappa shape index (κ3) is 5.53. The smallest absolute Gasteiger partial charge is 0.339 e. The van der Waals surface area contributed by atoms with Gasteiger partial charge in [0, 0.05) is 19.2 Å². The fraction of sp³-hybridized carbons (Fsp3) is 0.263. The molecular formula is C19H21N3O5. The molecule has 2 rings (SSSR count). The van der Waals surface area contributed by atoms with Crippen molar-refractivity contribution in [3.05, 3.63) is 69.8 Å². The topological polar surface area (TPSA) is 111 Å². The maximum Gasteiger partial charge on any atom is 0.339 e. The molecule has 1 atom stereocenters. The van der Waals surface area contributed by atoms with E-state index in [1.165, 1.54) is 19.1 Å². The molecule has 27 heavy (non-hydrogen) atoms. The van der Waals surface area contributed by atoms with E-state index in [0.29, 0.717) is 13.1 Å². The number of likely N-dealkylation sites (N-methyl/N-ethyl adjacent to an activating group) is 1. The first-order chi connectivity index (χ1) is 12.9. The number of rotatable bonds is 8. The highest BCUT2D eigenvalue weighted by Crippen LogP contribution is 2.26. The number of ether oxygens (including phenoxy) is 1. The number of hydrogen-bond donors (Lipinski definition) is 2. The molecule has 0 saturated heterocycles.